The van der Waals surface area contributed by atoms with Crippen LogP contribution in [0.2, 0.25) is 0 Å². The van der Waals surface area contributed by atoms with E-state index in [4.69, 9.17) is 18.9 Å². The standard InChI is InChI=1S/C26H28BBrF3O6/c1-34-19-36-23(12-5-6-16-28)24(14-17-35-18-20-8-3-2-4-9-20)37-26(33)25-21(10-7-11-22(25)32)13-15-27(29,30)31/h2-13,15-16,23-24,32H,14,17-19H2,1H3/q-1/b12-5-,15-13+,16-6-/t23-,24-/m0/s1. The Morgan fingerprint density at radius 2 is 1.86 bits per heavy atom. The van der Waals surface area contributed by atoms with Gasteiger partial charge < -0.3 is 37.0 Å². The van der Waals surface area contributed by atoms with Crippen molar-refractivity contribution in [1.82, 2.24) is 0 Å². The second-order valence-corrected chi connectivity index (χ2v) is 8.27. The SMILES string of the molecule is COCO[C@@H](/C=C\C=C/Br)[C@H](CCOCc1ccccc1)OC(=O)c1c(O)cccc1/C=C/[B-](F)(F)F. The molecule has 0 aliphatic heterocycles. The molecule has 0 radical (unpaired) electrons. The van der Waals surface area contributed by atoms with E-state index in [1.807, 2.05) is 30.3 Å². The summed E-state index contributed by atoms with van der Waals surface area (Å²) in [6, 6.07) is 13.3. The fourth-order valence-electron chi connectivity index (χ4n) is 3.23. The summed E-state index contributed by atoms with van der Waals surface area (Å²) in [7, 11) is 1.44. The van der Waals surface area contributed by atoms with Crippen LogP contribution in [0.15, 0.2) is 77.7 Å². The van der Waals surface area contributed by atoms with Crippen molar-refractivity contribution < 1.29 is 41.8 Å². The number of ether oxygens (including phenoxy) is 4. The van der Waals surface area contributed by atoms with Gasteiger partial charge in [-0.1, -0.05) is 82.7 Å². The molecular formula is C26H28BBrF3O6-. The third kappa shape index (κ3) is 11.4. The van der Waals surface area contributed by atoms with Crippen LogP contribution in [0, 0.1) is 0 Å². The van der Waals surface area contributed by atoms with Gasteiger partial charge in [0, 0.05) is 13.5 Å². The minimum absolute atomic E-state index is 0.0420. The summed E-state index contributed by atoms with van der Waals surface area (Å²) in [6.45, 7) is -4.83. The molecule has 2 aromatic carbocycles. The molecule has 0 unspecified atom stereocenters. The highest BCUT2D eigenvalue weighted by Crippen LogP contribution is 2.26. The Bertz CT molecular complexity index is 1060. The Kier molecular flexibility index (Phi) is 13.2. The maximum Gasteiger partial charge on any atom is 0.502 e. The zero-order valence-corrected chi connectivity index (χ0v) is 21.7. The summed E-state index contributed by atoms with van der Waals surface area (Å²) in [5.74, 6) is -1.47. The first-order valence-corrected chi connectivity index (χ1v) is 12.2. The maximum atomic E-state index is 13.1. The number of phenols is 1. The van der Waals surface area contributed by atoms with Crippen molar-refractivity contribution in [3.05, 3.63) is 94.4 Å². The van der Waals surface area contributed by atoms with E-state index in [1.54, 1.807) is 23.2 Å². The van der Waals surface area contributed by atoms with E-state index in [2.05, 4.69) is 15.9 Å². The molecule has 200 valence electrons. The summed E-state index contributed by atoms with van der Waals surface area (Å²) in [4.78, 5) is 14.7. The fraction of sp³-hybridized carbons (Fsp3) is 0.269. The van der Waals surface area contributed by atoms with E-state index in [0.717, 1.165) is 11.6 Å². The Morgan fingerprint density at radius 3 is 2.54 bits per heavy atom. The van der Waals surface area contributed by atoms with Crippen molar-refractivity contribution in [3.63, 3.8) is 0 Å². The van der Waals surface area contributed by atoms with Gasteiger partial charge in [0.05, 0.1) is 13.2 Å². The lowest BCUT2D eigenvalue weighted by Gasteiger charge is -2.25. The third-order valence-corrected chi connectivity index (χ3v) is 5.22. The van der Waals surface area contributed by atoms with Crippen molar-refractivity contribution >= 4 is 35.0 Å². The summed E-state index contributed by atoms with van der Waals surface area (Å²) < 4.78 is 60.5. The van der Waals surface area contributed by atoms with Crippen molar-refractivity contribution in [3.8, 4) is 5.75 Å². The molecule has 0 aromatic heterocycles. The van der Waals surface area contributed by atoms with E-state index in [0.29, 0.717) is 6.61 Å². The van der Waals surface area contributed by atoms with Gasteiger partial charge in [-0.05, 0) is 22.2 Å². The Morgan fingerprint density at radius 1 is 1.11 bits per heavy atom. The van der Waals surface area contributed by atoms with Gasteiger partial charge in [-0.25, -0.2) is 4.79 Å². The number of benzene rings is 2. The number of phenolic OH excluding ortho intramolecular Hbond substituents is 1. The highest BCUT2D eigenvalue weighted by molar-refractivity contribution is 9.11. The second-order valence-electron chi connectivity index (χ2n) is 7.74. The molecule has 6 nitrogen and oxygen atoms in total. The van der Waals surface area contributed by atoms with E-state index < -0.39 is 30.9 Å². The first kappa shape index (κ1) is 30.4. The van der Waals surface area contributed by atoms with Crippen LogP contribution in [-0.2, 0) is 25.6 Å². The van der Waals surface area contributed by atoms with E-state index >= 15 is 0 Å². The predicted molar refractivity (Wildman–Crippen MR) is 140 cm³/mol. The molecule has 0 saturated heterocycles. The van der Waals surface area contributed by atoms with Crippen LogP contribution in [0.5, 0.6) is 5.75 Å². The quantitative estimate of drug-likeness (QED) is 0.0862. The van der Waals surface area contributed by atoms with E-state index in [-0.39, 0.29) is 36.9 Å². The average Bonchev–Trinajstić information content (AvgIpc) is 2.87. The summed E-state index contributed by atoms with van der Waals surface area (Å²) >= 11 is 3.16. The van der Waals surface area contributed by atoms with Crippen LogP contribution in [0.4, 0.5) is 12.9 Å². The van der Waals surface area contributed by atoms with Gasteiger partial charge in [0.1, 0.15) is 30.3 Å². The number of halogens is 4. The molecule has 0 heterocycles. The van der Waals surface area contributed by atoms with Crippen LogP contribution in [0.3, 0.4) is 0 Å². The van der Waals surface area contributed by atoms with Crippen molar-refractivity contribution in [2.24, 2.45) is 0 Å². The first-order valence-electron chi connectivity index (χ1n) is 11.3. The van der Waals surface area contributed by atoms with Crippen LogP contribution >= 0.6 is 15.9 Å². The highest BCUT2D eigenvalue weighted by atomic mass is 79.9. The third-order valence-electron chi connectivity index (χ3n) is 4.92. The lowest BCUT2D eigenvalue weighted by Crippen LogP contribution is -2.34. The Balaban J connectivity index is 2.27. The Hall–Kier alpha value is -2.86. The molecule has 11 heteroatoms. The zero-order valence-electron chi connectivity index (χ0n) is 20.1. The van der Waals surface area contributed by atoms with Crippen LogP contribution in [0.25, 0.3) is 6.08 Å². The van der Waals surface area contributed by atoms with Crippen molar-refractivity contribution in [2.45, 2.75) is 25.2 Å². The predicted octanol–water partition coefficient (Wildman–Crippen LogP) is 6.38. The number of esters is 1. The van der Waals surface area contributed by atoms with Gasteiger partial charge in [0.15, 0.2) is 0 Å². The summed E-state index contributed by atoms with van der Waals surface area (Å²) in [5.41, 5.74) is 0.446. The number of rotatable bonds is 15. The van der Waals surface area contributed by atoms with Gasteiger partial charge in [0.2, 0.25) is 0 Å². The number of hydrogen-bond donors (Lipinski definition) is 1. The van der Waals surface area contributed by atoms with E-state index in [9.17, 15) is 22.8 Å². The lowest BCUT2D eigenvalue weighted by atomic mass is 9.90. The number of methoxy groups -OCH3 is 1. The van der Waals surface area contributed by atoms with Gasteiger partial charge in [0.25, 0.3) is 0 Å². The smallest absolute Gasteiger partial charge is 0.502 e. The molecule has 0 aliphatic rings. The van der Waals surface area contributed by atoms with Crippen LogP contribution in [-0.4, -0.2) is 50.8 Å². The molecule has 0 aliphatic carbocycles. The molecule has 0 spiro atoms. The molecule has 0 bridgehead atoms. The topological polar surface area (TPSA) is 74.2 Å². The Labute approximate surface area is 222 Å². The first-order chi connectivity index (χ1) is 17.7. The molecule has 0 saturated carbocycles. The fourth-order valence-corrected chi connectivity index (χ4v) is 3.41. The number of carbonyl (C=O) groups is 1. The molecule has 2 rings (SSSR count). The normalized spacial score (nSPS) is 14.0. The average molecular weight is 584 g/mol. The molecular weight excluding hydrogens is 556 g/mol. The largest absolute Gasteiger partial charge is 0.507 e. The maximum absolute atomic E-state index is 13.1. The summed E-state index contributed by atoms with van der Waals surface area (Å²) in [5, 5.41) is 10.3. The molecule has 0 amide bonds. The number of carbonyl (C=O) groups excluding carboxylic acids is 1. The minimum Gasteiger partial charge on any atom is -0.507 e. The molecule has 0 fully saturated rings. The van der Waals surface area contributed by atoms with E-state index in [1.165, 1.54) is 25.3 Å². The summed E-state index contributed by atoms with van der Waals surface area (Å²) in [6.07, 6.45) is 4.22. The van der Waals surface area contributed by atoms with Crippen LogP contribution in [0.1, 0.15) is 27.9 Å². The van der Waals surface area contributed by atoms with Gasteiger partial charge in [-0.2, -0.15) is 0 Å². The number of allylic oxidation sites excluding steroid dienone is 2. The second kappa shape index (κ2) is 16.1. The molecule has 2 aromatic rings. The van der Waals surface area contributed by atoms with Gasteiger partial charge in [-0.15, -0.1) is 5.98 Å². The number of hydrogen-bond acceptors (Lipinski definition) is 6. The molecule has 2 atom stereocenters. The monoisotopic (exact) mass is 583 g/mol. The minimum atomic E-state index is -5.24. The van der Waals surface area contributed by atoms with Gasteiger partial charge in [-0.3, -0.25) is 0 Å². The highest BCUT2D eigenvalue weighted by Gasteiger charge is 2.27. The van der Waals surface area contributed by atoms with Crippen molar-refractivity contribution in [2.75, 3.05) is 20.5 Å². The zero-order chi connectivity index (χ0) is 27.1. The lowest BCUT2D eigenvalue weighted by molar-refractivity contribution is -0.103. The van der Waals surface area contributed by atoms with Crippen molar-refractivity contribution in [1.29, 1.82) is 0 Å². The number of aromatic hydroxyl groups is 1. The van der Waals surface area contributed by atoms with Gasteiger partial charge >= 0.3 is 12.9 Å². The molecule has 1 N–H and O–H groups in total. The van der Waals surface area contributed by atoms with Crippen LogP contribution < -0.4 is 0 Å². The molecule has 37 heavy (non-hydrogen) atoms.